The van der Waals surface area contributed by atoms with E-state index < -0.39 is 0 Å². The molecule has 2 heterocycles. The second-order valence-electron chi connectivity index (χ2n) is 6.07. The third kappa shape index (κ3) is 3.14. The van der Waals surface area contributed by atoms with E-state index in [1.54, 1.807) is 6.20 Å². The molecule has 20 heavy (non-hydrogen) atoms. The number of aromatic nitrogens is 1. The molecule has 1 aromatic rings. The predicted octanol–water partition coefficient (Wildman–Crippen LogP) is 1.18. The predicted molar refractivity (Wildman–Crippen MR) is 80.1 cm³/mol. The zero-order valence-corrected chi connectivity index (χ0v) is 12.6. The van der Waals surface area contributed by atoms with Gasteiger partial charge in [-0.3, -0.25) is 0 Å². The Balaban J connectivity index is 2.09. The monoisotopic (exact) mass is 278 g/mol. The van der Waals surface area contributed by atoms with E-state index in [0.717, 1.165) is 11.3 Å². The van der Waals surface area contributed by atoms with Crippen LogP contribution in [-0.4, -0.2) is 41.6 Å². The van der Waals surface area contributed by atoms with Crippen molar-refractivity contribution in [2.45, 2.75) is 45.3 Å². The molecule has 6 heteroatoms. The van der Waals surface area contributed by atoms with Crippen LogP contribution in [0.2, 0.25) is 0 Å². The van der Waals surface area contributed by atoms with E-state index in [4.69, 9.17) is 14.4 Å². The van der Waals surface area contributed by atoms with Gasteiger partial charge in [-0.2, -0.15) is 0 Å². The minimum Gasteiger partial charge on any atom is -0.399 e. The Morgan fingerprint density at radius 1 is 1.25 bits per heavy atom. The van der Waals surface area contributed by atoms with E-state index in [0.29, 0.717) is 13.0 Å². The minimum absolute atomic E-state index is 0.171. The quantitative estimate of drug-likeness (QED) is 0.625. The van der Waals surface area contributed by atoms with Gasteiger partial charge in [0, 0.05) is 19.3 Å². The van der Waals surface area contributed by atoms with Crippen LogP contribution in [0.5, 0.6) is 0 Å². The van der Waals surface area contributed by atoms with Crippen LogP contribution in [-0.2, 0) is 9.31 Å². The van der Waals surface area contributed by atoms with Crippen LogP contribution in [0, 0.1) is 0 Å². The topological polar surface area (TPSA) is 63.6 Å². The molecule has 5 nitrogen and oxygen atoms in total. The zero-order valence-electron chi connectivity index (χ0n) is 12.6. The van der Waals surface area contributed by atoms with Gasteiger partial charge in [-0.25, -0.2) is 4.98 Å². The van der Waals surface area contributed by atoms with Gasteiger partial charge in [-0.05, 0) is 51.7 Å². The summed E-state index contributed by atoms with van der Waals surface area (Å²) in [7, 11) is -0.374. The van der Waals surface area contributed by atoms with E-state index >= 15 is 0 Å². The molecule has 1 aromatic heterocycles. The summed E-state index contributed by atoms with van der Waals surface area (Å²) in [5, 5.41) is 12.0. The average molecular weight is 278 g/mol. The third-order valence-electron chi connectivity index (χ3n) is 3.95. The van der Waals surface area contributed by atoms with Gasteiger partial charge in [0.15, 0.2) is 0 Å². The summed E-state index contributed by atoms with van der Waals surface area (Å²) in [6.45, 7) is 9.01. The second kappa shape index (κ2) is 5.72. The SMILES string of the molecule is CC1(C)OB(c2ccnc(NCCCO)c2)OC1(C)C. The fourth-order valence-electron chi connectivity index (χ4n) is 1.96. The molecule has 0 unspecified atom stereocenters. The van der Waals surface area contributed by atoms with E-state index in [1.807, 2.05) is 39.8 Å². The van der Waals surface area contributed by atoms with Crippen molar-refractivity contribution >= 4 is 18.4 Å². The molecule has 0 aromatic carbocycles. The Labute approximate surface area is 120 Å². The van der Waals surface area contributed by atoms with Gasteiger partial charge in [-0.15, -0.1) is 0 Å². The number of nitrogens with zero attached hydrogens (tertiary/aromatic N) is 1. The standard InChI is InChI=1S/C14H23BN2O3/c1-13(2)14(3,4)20-15(19-13)11-6-8-17-12(10-11)16-7-5-9-18/h6,8,10,18H,5,7,9H2,1-4H3,(H,16,17). The Hall–Kier alpha value is -1.11. The molecular weight excluding hydrogens is 255 g/mol. The highest BCUT2D eigenvalue weighted by Crippen LogP contribution is 2.36. The molecule has 0 bridgehead atoms. The van der Waals surface area contributed by atoms with Crippen LogP contribution in [0.4, 0.5) is 5.82 Å². The van der Waals surface area contributed by atoms with E-state index in [1.165, 1.54) is 0 Å². The van der Waals surface area contributed by atoms with Crippen LogP contribution in [0.25, 0.3) is 0 Å². The van der Waals surface area contributed by atoms with E-state index in [2.05, 4.69) is 10.3 Å². The maximum Gasteiger partial charge on any atom is 0.495 e. The number of hydrogen-bond acceptors (Lipinski definition) is 5. The number of nitrogens with one attached hydrogen (secondary N) is 1. The van der Waals surface area contributed by atoms with Gasteiger partial charge >= 0.3 is 7.12 Å². The molecule has 0 atom stereocenters. The normalized spacial score (nSPS) is 20.1. The first kappa shape index (κ1) is 15.3. The Morgan fingerprint density at radius 3 is 2.50 bits per heavy atom. The molecule has 1 saturated heterocycles. The highest BCUT2D eigenvalue weighted by molar-refractivity contribution is 6.62. The van der Waals surface area contributed by atoms with Gasteiger partial charge in [0.05, 0.1) is 11.2 Å². The largest absolute Gasteiger partial charge is 0.495 e. The second-order valence-corrected chi connectivity index (χ2v) is 6.07. The van der Waals surface area contributed by atoms with Gasteiger partial charge in [0.25, 0.3) is 0 Å². The van der Waals surface area contributed by atoms with E-state index in [-0.39, 0.29) is 24.9 Å². The Morgan fingerprint density at radius 2 is 1.90 bits per heavy atom. The highest BCUT2D eigenvalue weighted by Gasteiger charge is 2.51. The van der Waals surface area contributed by atoms with Crippen molar-refractivity contribution in [2.75, 3.05) is 18.5 Å². The van der Waals surface area contributed by atoms with Gasteiger partial charge in [0.2, 0.25) is 0 Å². The summed E-state index contributed by atoms with van der Waals surface area (Å²) < 4.78 is 12.0. The first-order chi connectivity index (χ1) is 9.36. The van der Waals surface area contributed by atoms with Gasteiger partial charge in [-0.1, -0.05) is 0 Å². The van der Waals surface area contributed by atoms with Crippen molar-refractivity contribution in [3.63, 3.8) is 0 Å². The molecule has 0 aliphatic carbocycles. The molecular formula is C14H23BN2O3. The molecule has 1 aliphatic rings. The number of anilines is 1. The fraction of sp³-hybridized carbons (Fsp3) is 0.643. The van der Waals surface area contributed by atoms with Crippen LogP contribution in [0.15, 0.2) is 18.3 Å². The smallest absolute Gasteiger partial charge is 0.399 e. The van der Waals surface area contributed by atoms with Gasteiger partial charge in [0.1, 0.15) is 5.82 Å². The minimum atomic E-state index is -0.374. The molecule has 110 valence electrons. The zero-order chi connectivity index (χ0) is 14.8. The highest BCUT2D eigenvalue weighted by atomic mass is 16.7. The number of hydrogen-bond donors (Lipinski definition) is 2. The number of pyridine rings is 1. The number of aliphatic hydroxyl groups excluding tert-OH is 1. The average Bonchev–Trinajstić information content (AvgIpc) is 2.59. The Bertz CT molecular complexity index is 449. The maximum atomic E-state index is 8.79. The summed E-state index contributed by atoms with van der Waals surface area (Å²) in [6.07, 6.45) is 2.43. The molecule has 2 rings (SSSR count). The van der Waals surface area contributed by atoms with Crippen LogP contribution >= 0.6 is 0 Å². The molecule has 0 spiro atoms. The van der Waals surface area contributed by atoms with Crippen molar-refractivity contribution in [2.24, 2.45) is 0 Å². The van der Waals surface area contributed by atoms with E-state index in [9.17, 15) is 0 Å². The molecule has 1 aliphatic heterocycles. The fourth-order valence-corrected chi connectivity index (χ4v) is 1.96. The molecule has 0 amide bonds. The summed E-state index contributed by atoms with van der Waals surface area (Å²) in [4.78, 5) is 4.25. The Kier molecular flexibility index (Phi) is 4.37. The molecule has 2 N–H and O–H groups in total. The lowest BCUT2D eigenvalue weighted by Gasteiger charge is -2.32. The van der Waals surface area contributed by atoms with Crippen molar-refractivity contribution in [3.05, 3.63) is 18.3 Å². The number of rotatable bonds is 5. The summed E-state index contributed by atoms with van der Waals surface area (Å²) >= 11 is 0. The maximum absolute atomic E-state index is 8.79. The molecule has 1 fully saturated rings. The lowest BCUT2D eigenvalue weighted by atomic mass is 9.80. The van der Waals surface area contributed by atoms with Crippen LogP contribution < -0.4 is 10.8 Å². The lowest BCUT2D eigenvalue weighted by Crippen LogP contribution is -2.41. The van der Waals surface area contributed by atoms with Crippen LogP contribution in [0.1, 0.15) is 34.1 Å². The number of aliphatic hydroxyl groups is 1. The molecule has 0 radical (unpaired) electrons. The van der Waals surface area contributed by atoms with Crippen molar-refractivity contribution in [1.29, 1.82) is 0 Å². The summed E-state index contributed by atoms with van der Waals surface area (Å²) in [5.74, 6) is 0.769. The van der Waals surface area contributed by atoms with Gasteiger partial charge < -0.3 is 19.7 Å². The first-order valence-electron chi connectivity index (χ1n) is 7.02. The molecule has 0 saturated carbocycles. The van der Waals surface area contributed by atoms with Crippen molar-refractivity contribution < 1.29 is 14.4 Å². The lowest BCUT2D eigenvalue weighted by molar-refractivity contribution is 0.00578. The summed E-state index contributed by atoms with van der Waals surface area (Å²) in [6, 6.07) is 3.83. The van der Waals surface area contributed by atoms with Crippen molar-refractivity contribution in [3.8, 4) is 0 Å². The third-order valence-corrected chi connectivity index (χ3v) is 3.95. The first-order valence-corrected chi connectivity index (χ1v) is 7.02. The van der Waals surface area contributed by atoms with Crippen molar-refractivity contribution in [1.82, 2.24) is 4.98 Å². The van der Waals surface area contributed by atoms with Crippen LogP contribution in [0.3, 0.4) is 0 Å². The summed E-state index contributed by atoms with van der Waals surface area (Å²) in [5.41, 5.74) is 0.266.